The second-order valence-electron chi connectivity index (χ2n) is 9.29. The van der Waals surface area contributed by atoms with Gasteiger partial charge in [0.1, 0.15) is 0 Å². The summed E-state index contributed by atoms with van der Waals surface area (Å²) >= 11 is -1.17. The molecule has 1 aliphatic rings. The third kappa shape index (κ3) is 7.46. The fourth-order valence-corrected chi connectivity index (χ4v) is 11.0. The minimum atomic E-state index is -1.17. The van der Waals surface area contributed by atoms with Crippen molar-refractivity contribution in [2.45, 2.75) is 75.1 Å². The van der Waals surface area contributed by atoms with E-state index in [4.69, 9.17) is 0 Å². The third-order valence-electron chi connectivity index (χ3n) is 5.80. The van der Waals surface area contributed by atoms with Crippen LogP contribution in [0.15, 0.2) is 30.3 Å². The molecule has 1 saturated heterocycles. The van der Waals surface area contributed by atoms with E-state index in [-0.39, 0.29) is 23.5 Å². The second-order valence-corrected chi connectivity index (χ2v) is 16.3. The molecule has 0 saturated carbocycles. The number of alkyl halides is 3. The number of carbonyl (C=O) groups is 1. The Balaban J connectivity index is 2.14. The Morgan fingerprint density at radius 1 is 1.27 bits per heavy atom. The van der Waals surface area contributed by atoms with Gasteiger partial charge in [0.15, 0.2) is 0 Å². The van der Waals surface area contributed by atoms with Crippen LogP contribution in [-0.2, 0) is 11.2 Å². The zero-order chi connectivity index (χ0) is 22.3. The first kappa shape index (κ1) is 25.6. The summed E-state index contributed by atoms with van der Waals surface area (Å²) in [6.45, 7) is 12.2. The molecule has 0 radical (unpaired) electrons. The minimum absolute atomic E-state index is 0.0403. The van der Waals surface area contributed by atoms with E-state index in [0.717, 1.165) is 21.3 Å². The number of benzene rings is 1. The Morgan fingerprint density at radius 3 is 2.47 bits per heavy atom. The zero-order valence-electron chi connectivity index (χ0n) is 19.6. The summed E-state index contributed by atoms with van der Waals surface area (Å²) < 4.78 is 3.01. The van der Waals surface area contributed by atoms with Crippen molar-refractivity contribution < 1.29 is 9.90 Å². The molecule has 4 unspecified atom stereocenters. The molecule has 1 amide bonds. The Kier molecular flexibility index (Phi) is 10.0. The maximum atomic E-state index is 13.2. The molecule has 30 heavy (non-hydrogen) atoms. The van der Waals surface area contributed by atoms with E-state index in [9.17, 15) is 9.90 Å². The van der Waals surface area contributed by atoms with Gasteiger partial charge in [-0.2, -0.15) is 0 Å². The van der Waals surface area contributed by atoms with Crippen molar-refractivity contribution >= 4 is 25.7 Å². The molecular weight excluding hydrogens is 489 g/mol. The molecule has 1 fully saturated rings. The number of nitrogens with one attached hydrogen (secondary N) is 2. The second kappa shape index (κ2) is 11.8. The maximum absolute atomic E-state index is 13.2. The average molecular weight is 532 g/mol. The molecule has 1 aromatic carbocycles. The molecule has 0 spiro atoms. The monoisotopic (exact) mass is 531 g/mol. The van der Waals surface area contributed by atoms with Gasteiger partial charge in [-0.15, -0.1) is 0 Å². The number of β-amino-alcohol motifs (C(OH)–C–C–N with tert-alkyl or cyclic N) is 1. The van der Waals surface area contributed by atoms with Crippen molar-refractivity contribution in [3.63, 3.8) is 0 Å². The Bertz CT molecular complexity index is 650. The van der Waals surface area contributed by atoms with Gasteiger partial charge in [-0.3, -0.25) is 0 Å². The van der Waals surface area contributed by atoms with Gasteiger partial charge in [0, 0.05) is 0 Å². The van der Waals surface area contributed by atoms with E-state index >= 15 is 0 Å². The number of hydrogen-bond acceptors (Lipinski definition) is 4. The van der Waals surface area contributed by atoms with Gasteiger partial charge in [-0.05, 0) is 0 Å². The molecule has 2 rings (SSSR count). The summed E-state index contributed by atoms with van der Waals surface area (Å²) in [6.07, 6.45) is 1.42. The average Bonchev–Trinajstić information content (AvgIpc) is 2.70. The predicted octanol–water partition coefficient (Wildman–Crippen LogP) is 3.08. The SMILES string of the molecule is CCC1CN(CC(O)C(Cc2ccccc2)NC)C(C(=O)NC(C)(C)C)CI1CC. The summed E-state index contributed by atoms with van der Waals surface area (Å²) in [5.41, 5.74) is 0.970. The molecule has 0 aliphatic carbocycles. The van der Waals surface area contributed by atoms with Crippen LogP contribution in [0.25, 0.3) is 0 Å². The predicted molar refractivity (Wildman–Crippen MR) is 136 cm³/mol. The molecule has 1 aromatic rings. The molecule has 0 bridgehead atoms. The van der Waals surface area contributed by atoms with Gasteiger partial charge in [-0.25, -0.2) is 0 Å². The fourth-order valence-electron chi connectivity index (χ4n) is 4.12. The van der Waals surface area contributed by atoms with Gasteiger partial charge in [-0.1, -0.05) is 0 Å². The van der Waals surface area contributed by atoms with E-state index in [0.29, 0.717) is 6.54 Å². The Hall–Kier alpha value is -0.700. The molecule has 3 N–H and O–H groups in total. The number of aliphatic hydroxyl groups is 1. The van der Waals surface area contributed by atoms with E-state index in [2.05, 4.69) is 41.5 Å². The number of aliphatic hydroxyl groups excluding tert-OH is 1. The van der Waals surface area contributed by atoms with Crippen LogP contribution < -0.4 is 10.6 Å². The summed E-state index contributed by atoms with van der Waals surface area (Å²) in [6, 6.07) is 10.1. The molecule has 0 aromatic heterocycles. The summed E-state index contributed by atoms with van der Waals surface area (Å²) in [7, 11) is 1.91. The van der Waals surface area contributed by atoms with E-state index in [1.165, 1.54) is 16.4 Å². The van der Waals surface area contributed by atoms with Crippen molar-refractivity contribution in [2.75, 3.05) is 29.0 Å². The van der Waals surface area contributed by atoms with Gasteiger partial charge >= 0.3 is 191 Å². The normalized spacial score (nSPS) is 23.8. The first-order valence-corrected chi connectivity index (χ1v) is 15.5. The van der Waals surface area contributed by atoms with Gasteiger partial charge in [0.25, 0.3) is 0 Å². The molecular formula is C24H42IN3O2. The molecule has 4 atom stereocenters. The quantitative estimate of drug-likeness (QED) is 0.339. The first-order valence-electron chi connectivity index (χ1n) is 11.2. The molecule has 1 aliphatic heterocycles. The van der Waals surface area contributed by atoms with Crippen LogP contribution in [0.2, 0.25) is 0 Å². The third-order valence-corrected chi connectivity index (χ3v) is 13.5. The van der Waals surface area contributed by atoms with Crippen molar-refractivity contribution in [1.29, 1.82) is 0 Å². The van der Waals surface area contributed by atoms with E-state index < -0.39 is 25.9 Å². The Morgan fingerprint density at radius 2 is 1.93 bits per heavy atom. The van der Waals surface area contributed by atoms with Crippen molar-refractivity contribution in [2.24, 2.45) is 0 Å². The van der Waals surface area contributed by atoms with Crippen LogP contribution in [0, 0.1) is 0 Å². The number of hydrogen-bond donors (Lipinski definition) is 3. The van der Waals surface area contributed by atoms with Crippen LogP contribution in [0.3, 0.4) is 0 Å². The molecule has 172 valence electrons. The summed E-state index contributed by atoms with van der Waals surface area (Å²) in [5, 5.41) is 17.6. The topological polar surface area (TPSA) is 64.6 Å². The van der Waals surface area contributed by atoms with Gasteiger partial charge < -0.3 is 0 Å². The van der Waals surface area contributed by atoms with Crippen LogP contribution >= 0.6 is 19.8 Å². The Labute approximate surface area is 190 Å². The standard InChI is InChI=1S/C24H42IN3O2/c1-7-19-16-28(21(15-25(19)8-2)23(30)27-24(3,4)5)17-22(29)20(26-6)14-18-12-10-9-11-13-18/h9-13,19-22,26,29H,7-8,14-17H2,1-6H3,(H,27,30). The van der Waals surface area contributed by atoms with Crippen molar-refractivity contribution in [3.8, 4) is 0 Å². The van der Waals surface area contributed by atoms with Crippen LogP contribution in [0.5, 0.6) is 0 Å². The molecule has 5 nitrogen and oxygen atoms in total. The molecule has 1 heterocycles. The number of nitrogens with zero attached hydrogens (tertiary/aromatic N) is 1. The van der Waals surface area contributed by atoms with Crippen LogP contribution in [0.1, 0.15) is 46.6 Å². The number of rotatable bonds is 9. The van der Waals surface area contributed by atoms with Crippen LogP contribution in [-0.4, -0.2) is 72.6 Å². The number of halogens is 1. The van der Waals surface area contributed by atoms with Gasteiger partial charge in [0.2, 0.25) is 0 Å². The number of likely N-dealkylation sites (N-methyl/N-ethyl adjacent to an activating group) is 1. The summed E-state index contributed by atoms with van der Waals surface area (Å²) in [5.74, 6) is 0.129. The fraction of sp³-hybridized carbons (Fsp3) is 0.708. The first-order chi connectivity index (χ1) is 14.2. The molecule has 6 heteroatoms. The number of amides is 1. The summed E-state index contributed by atoms with van der Waals surface area (Å²) in [4.78, 5) is 15.4. The van der Waals surface area contributed by atoms with E-state index in [1.807, 2.05) is 46.0 Å². The zero-order valence-corrected chi connectivity index (χ0v) is 21.8. The van der Waals surface area contributed by atoms with Gasteiger partial charge in [0.05, 0.1) is 0 Å². The van der Waals surface area contributed by atoms with E-state index in [1.54, 1.807) is 0 Å². The van der Waals surface area contributed by atoms with Crippen LogP contribution in [0.4, 0.5) is 0 Å². The van der Waals surface area contributed by atoms with Crippen molar-refractivity contribution in [1.82, 2.24) is 15.5 Å². The number of carbonyl (C=O) groups excluding carboxylic acids is 1. The van der Waals surface area contributed by atoms with Crippen molar-refractivity contribution in [3.05, 3.63) is 35.9 Å².